The summed E-state index contributed by atoms with van der Waals surface area (Å²) in [4.78, 5) is 28.5. The summed E-state index contributed by atoms with van der Waals surface area (Å²) >= 11 is 1.42. The minimum absolute atomic E-state index is 0.161. The average molecular weight is 316 g/mol. The van der Waals surface area contributed by atoms with Crippen LogP contribution in [0, 0.1) is 23.7 Å². The fraction of sp³-hybridized carbons (Fsp3) is 0.438. The summed E-state index contributed by atoms with van der Waals surface area (Å²) in [6.07, 6.45) is 2.77. The number of rotatable bonds is 3. The molecule has 1 aromatic carbocycles. The largest absolute Gasteiger partial charge is 0.481 e. The van der Waals surface area contributed by atoms with E-state index >= 15 is 0 Å². The average Bonchev–Trinajstić information content (AvgIpc) is 3.19. The first-order valence-electron chi connectivity index (χ1n) is 7.53. The minimum atomic E-state index is -0.836. The van der Waals surface area contributed by atoms with Gasteiger partial charge in [-0.3, -0.25) is 9.59 Å². The molecule has 0 saturated heterocycles. The van der Waals surface area contributed by atoms with Gasteiger partial charge < -0.3 is 10.4 Å². The second kappa shape index (κ2) is 5.05. The highest BCUT2D eigenvalue weighted by molar-refractivity contribution is 7.22. The summed E-state index contributed by atoms with van der Waals surface area (Å²) in [5.41, 5.74) is 0.852. The van der Waals surface area contributed by atoms with Crippen LogP contribution in [0.4, 0.5) is 5.13 Å². The van der Waals surface area contributed by atoms with Crippen molar-refractivity contribution in [3.8, 4) is 0 Å². The van der Waals surface area contributed by atoms with Gasteiger partial charge in [-0.15, -0.1) is 0 Å². The third-order valence-electron chi connectivity index (χ3n) is 5.03. The van der Waals surface area contributed by atoms with Crippen LogP contribution in [-0.4, -0.2) is 22.0 Å². The van der Waals surface area contributed by atoms with Gasteiger partial charge in [0, 0.05) is 0 Å². The van der Waals surface area contributed by atoms with Gasteiger partial charge in [0.1, 0.15) is 0 Å². The number of amides is 1. The van der Waals surface area contributed by atoms with Crippen molar-refractivity contribution in [2.45, 2.75) is 19.3 Å². The molecular weight excluding hydrogens is 300 g/mol. The summed E-state index contributed by atoms with van der Waals surface area (Å²) in [6, 6.07) is 7.70. The van der Waals surface area contributed by atoms with Crippen LogP contribution in [0.2, 0.25) is 0 Å². The molecule has 2 aliphatic carbocycles. The lowest BCUT2D eigenvalue weighted by Crippen LogP contribution is -2.37. The van der Waals surface area contributed by atoms with Gasteiger partial charge in [0.15, 0.2) is 5.13 Å². The number of carbonyl (C=O) groups excluding carboxylic acids is 1. The molecule has 0 aliphatic heterocycles. The standard InChI is InChI=1S/C16H16N2O3S/c19-14(12-8-5-6-9(7-8)13(12)15(20)21)18-16-17-10-3-1-2-4-11(10)22-16/h1-4,8-9,12-13H,5-7H2,(H,20,21)(H,17,18,19)/t8-,9+,12-,13+/m1/s1. The number of hydrogen-bond acceptors (Lipinski definition) is 4. The molecule has 1 heterocycles. The number of thiazole rings is 1. The molecule has 0 spiro atoms. The Kier molecular flexibility index (Phi) is 3.14. The number of carboxylic acid groups (broad SMARTS) is 1. The number of nitrogens with one attached hydrogen (secondary N) is 1. The molecule has 2 fully saturated rings. The molecule has 2 bridgehead atoms. The van der Waals surface area contributed by atoms with Crippen LogP contribution in [0.5, 0.6) is 0 Å². The summed E-state index contributed by atoms with van der Waals surface area (Å²) < 4.78 is 1.01. The molecule has 2 aliphatic rings. The van der Waals surface area contributed by atoms with Crippen molar-refractivity contribution >= 4 is 38.6 Å². The quantitative estimate of drug-likeness (QED) is 0.912. The molecule has 5 nitrogen and oxygen atoms in total. The van der Waals surface area contributed by atoms with E-state index in [1.54, 1.807) is 0 Å². The lowest BCUT2D eigenvalue weighted by atomic mass is 9.79. The molecule has 4 atom stereocenters. The molecule has 2 N–H and O–H groups in total. The third-order valence-corrected chi connectivity index (χ3v) is 5.98. The maximum absolute atomic E-state index is 12.6. The number of para-hydroxylation sites is 1. The van der Waals surface area contributed by atoms with E-state index in [0.29, 0.717) is 5.13 Å². The monoisotopic (exact) mass is 316 g/mol. The van der Waals surface area contributed by atoms with Crippen molar-refractivity contribution in [2.24, 2.45) is 23.7 Å². The van der Waals surface area contributed by atoms with Crippen molar-refractivity contribution in [1.82, 2.24) is 4.98 Å². The van der Waals surface area contributed by atoms with Gasteiger partial charge in [-0.1, -0.05) is 23.5 Å². The van der Waals surface area contributed by atoms with Crippen LogP contribution in [0.15, 0.2) is 24.3 Å². The molecular formula is C16H16N2O3S. The molecule has 1 amide bonds. The lowest BCUT2D eigenvalue weighted by molar-refractivity contribution is -0.148. The van der Waals surface area contributed by atoms with Gasteiger partial charge in [0.2, 0.25) is 5.91 Å². The van der Waals surface area contributed by atoms with Gasteiger partial charge >= 0.3 is 5.97 Å². The summed E-state index contributed by atoms with van der Waals surface area (Å²) in [6.45, 7) is 0. The molecule has 114 valence electrons. The topological polar surface area (TPSA) is 79.3 Å². The number of anilines is 1. The SMILES string of the molecule is O=C(Nc1nc2ccccc2s1)[C@@H]1[C@@H]2CC[C@@H](C2)[C@@H]1C(=O)O. The Morgan fingerprint density at radius 2 is 1.91 bits per heavy atom. The molecule has 22 heavy (non-hydrogen) atoms. The molecule has 6 heteroatoms. The number of nitrogens with zero attached hydrogens (tertiary/aromatic N) is 1. The highest BCUT2D eigenvalue weighted by Gasteiger charge is 2.54. The van der Waals surface area contributed by atoms with E-state index in [4.69, 9.17) is 0 Å². The Morgan fingerprint density at radius 1 is 1.18 bits per heavy atom. The maximum atomic E-state index is 12.6. The second-order valence-corrected chi connectivity index (χ2v) is 7.23. The smallest absolute Gasteiger partial charge is 0.307 e. The summed E-state index contributed by atoms with van der Waals surface area (Å²) in [5.74, 6) is -1.60. The van der Waals surface area contributed by atoms with E-state index in [9.17, 15) is 14.7 Å². The molecule has 0 unspecified atom stereocenters. The Balaban J connectivity index is 1.57. The molecule has 4 rings (SSSR count). The number of aliphatic carboxylic acids is 1. The molecule has 2 aromatic rings. The predicted octanol–water partition coefficient (Wildman–Crippen LogP) is 2.98. The Bertz CT molecular complexity index is 724. The number of benzene rings is 1. The molecule has 1 aromatic heterocycles. The zero-order valence-corrected chi connectivity index (χ0v) is 12.7. The zero-order valence-electron chi connectivity index (χ0n) is 11.9. The van der Waals surface area contributed by atoms with Crippen molar-refractivity contribution in [2.75, 3.05) is 5.32 Å². The van der Waals surface area contributed by atoms with Crippen LogP contribution < -0.4 is 5.32 Å². The van der Waals surface area contributed by atoms with Gasteiger partial charge in [0.05, 0.1) is 22.1 Å². The zero-order chi connectivity index (χ0) is 15.3. The number of hydrogen-bond donors (Lipinski definition) is 2. The van der Waals surface area contributed by atoms with E-state index in [2.05, 4.69) is 10.3 Å². The predicted molar refractivity (Wildman–Crippen MR) is 83.7 cm³/mol. The van der Waals surface area contributed by atoms with Crippen LogP contribution in [0.1, 0.15) is 19.3 Å². The fourth-order valence-corrected chi connectivity index (χ4v) is 5.01. The van der Waals surface area contributed by atoms with Gasteiger partial charge in [-0.25, -0.2) is 4.98 Å². The highest BCUT2D eigenvalue weighted by atomic mass is 32.1. The molecule has 2 saturated carbocycles. The highest BCUT2D eigenvalue weighted by Crippen LogP contribution is 2.52. The van der Waals surface area contributed by atoms with Crippen LogP contribution >= 0.6 is 11.3 Å². The van der Waals surface area contributed by atoms with E-state index in [-0.39, 0.29) is 17.7 Å². The van der Waals surface area contributed by atoms with Gasteiger partial charge in [-0.2, -0.15) is 0 Å². The van der Waals surface area contributed by atoms with Gasteiger partial charge in [-0.05, 0) is 43.2 Å². The van der Waals surface area contributed by atoms with E-state index in [1.165, 1.54) is 11.3 Å². The third kappa shape index (κ3) is 2.09. The summed E-state index contributed by atoms with van der Waals surface area (Å²) in [5, 5.41) is 12.8. The van der Waals surface area contributed by atoms with Crippen molar-refractivity contribution in [1.29, 1.82) is 0 Å². The maximum Gasteiger partial charge on any atom is 0.307 e. The van der Waals surface area contributed by atoms with E-state index < -0.39 is 17.8 Å². The first kappa shape index (κ1) is 13.7. The lowest BCUT2D eigenvalue weighted by Gasteiger charge is -2.26. The van der Waals surface area contributed by atoms with Crippen LogP contribution in [0.25, 0.3) is 10.2 Å². The first-order valence-corrected chi connectivity index (χ1v) is 8.34. The fourth-order valence-electron chi connectivity index (χ4n) is 4.14. The van der Waals surface area contributed by atoms with Crippen LogP contribution in [-0.2, 0) is 9.59 Å². The number of aromatic nitrogens is 1. The summed E-state index contributed by atoms with van der Waals surface area (Å²) in [7, 11) is 0. The Hall–Kier alpha value is -1.95. The van der Waals surface area contributed by atoms with Crippen molar-refractivity contribution in [3.05, 3.63) is 24.3 Å². The normalized spacial score (nSPS) is 29.8. The molecule has 0 radical (unpaired) electrons. The Morgan fingerprint density at radius 3 is 2.64 bits per heavy atom. The van der Waals surface area contributed by atoms with Gasteiger partial charge in [0.25, 0.3) is 0 Å². The van der Waals surface area contributed by atoms with Crippen LogP contribution in [0.3, 0.4) is 0 Å². The number of fused-ring (bicyclic) bond motifs is 3. The van der Waals surface area contributed by atoms with E-state index in [1.807, 2.05) is 24.3 Å². The first-order chi connectivity index (χ1) is 10.6. The van der Waals surface area contributed by atoms with Crippen molar-refractivity contribution < 1.29 is 14.7 Å². The second-order valence-electron chi connectivity index (χ2n) is 6.20. The number of carboxylic acids is 1. The van der Waals surface area contributed by atoms with Crippen molar-refractivity contribution in [3.63, 3.8) is 0 Å². The number of carbonyl (C=O) groups is 2. The van der Waals surface area contributed by atoms with E-state index in [0.717, 1.165) is 29.5 Å². The Labute approximate surface area is 131 Å². The minimum Gasteiger partial charge on any atom is -0.481 e.